The molecule has 0 aliphatic heterocycles. The summed E-state index contributed by atoms with van der Waals surface area (Å²) in [6, 6.07) is 7.55. The minimum Gasteiger partial charge on any atom is -0.382 e. The molecule has 1 aromatic rings. The van der Waals surface area contributed by atoms with Crippen LogP contribution in [0.3, 0.4) is 0 Å². The van der Waals surface area contributed by atoms with Gasteiger partial charge in [-0.05, 0) is 31.0 Å². The fourth-order valence-electron chi connectivity index (χ4n) is 1.18. The third kappa shape index (κ3) is 3.43. The lowest BCUT2D eigenvalue weighted by molar-refractivity contribution is -0.135. The van der Waals surface area contributed by atoms with Crippen LogP contribution >= 0.6 is 15.9 Å². The highest BCUT2D eigenvalue weighted by molar-refractivity contribution is 9.10. The summed E-state index contributed by atoms with van der Waals surface area (Å²) in [5.74, 6) is -0.132. The van der Waals surface area contributed by atoms with E-state index in [0.29, 0.717) is 6.42 Å². The van der Waals surface area contributed by atoms with E-state index in [1.54, 1.807) is 13.8 Å². The Morgan fingerprint density at radius 3 is 2.40 bits per heavy atom. The molecule has 1 unspecified atom stereocenters. The van der Waals surface area contributed by atoms with Crippen molar-refractivity contribution in [3.8, 4) is 0 Å². The Balaban J connectivity index is 2.71. The second kappa shape index (κ2) is 4.90. The van der Waals surface area contributed by atoms with E-state index >= 15 is 0 Å². The van der Waals surface area contributed by atoms with Crippen LogP contribution in [0.2, 0.25) is 0 Å². The maximum atomic E-state index is 11.7. The summed E-state index contributed by atoms with van der Waals surface area (Å²) in [6.07, 6.45) is 0.733. The molecule has 0 aliphatic rings. The summed E-state index contributed by atoms with van der Waals surface area (Å²) in [7, 11) is 0. The standard InChI is InChI=1S/C12H15BrO2/c1-3-12(2,15)11(14)8-9-4-6-10(13)7-5-9/h4-7,15H,3,8H2,1-2H3. The molecular formula is C12H15BrO2. The normalized spacial score (nSPS) is 14.7. The zero-order valence-corrected chi connectivity index (χ0v) is 10.5. The molecule has 0 aromatic heterocycles. The molecule has 0 amide bonds. The average Bonchev–Trinajstić information content (AvgIpc) is 2.21. The Morgan fingerprint density at radius 1 is 1.40 bits per heavy atom. The summed E-state index contributed by atoms with van der Waals surface area (Å²) in [4.78, 5) is 11.7. The zero-order chi connectivity index (χ0) is 11.5. The minimum atomic E-state index is -1.20. The van der Waals surface area contributed by atoms with E-state index < -0.39 is 5.60 Å². The van der Waals surface area contributed by atoms with Crippen LogP contribution in [0.15, 0.2) is 28.7 Å². The van der Waals surface area contributed by atoms with Gasteiger partial charge in [0.25, 0.3) is 0 Å². The highest BCUT2D eigenvalue weighted by Crippen LogP contribution is 2.16. The first-order valence-corrected chi connectivity index (χ1v) is 5.75. The van der Waals surface area contributed by atoms with Gasteiger partial charge >= 0.3 is 0 Å². The molecule has 2 nitrogen and oxygen atoms in total. The molecule has 1 atom stereocenters. The molecule has 1 rings (SSSR count). The summed E-state index contributed by atoms with van der Waals surface area (Å²) < 4.78 is 0.987. The molecule has 0 saturated carbocycles. The summed E-state index contributed by atoms with van der Waals surface area (Å²) >= 11 is 3.33. The maximum Gasteiger partial charge on any atom is 0.168 e. The van der Waals surface area contributed by atoms with Gasteiger partial charge in [0, 0.05) is 10.9 Å². The second-order valence-corrected chi connectivity index (χ2v) is 4.77. The maximum absolute atomic E-state index is 11.7. The van der Waals surface area contributed by atoms with E-state index in [0.717, 1.165) is 10.0 Å². The van der Waals surface area contributed by atoms with Gasteiger partial charge < -0.3 is 5.11 Å². The van der Waals surface area contributed by atoms with Crippen molar-refractivity contribution in [3.05, 3.63) is 34.3 Å². The largest absolute Gasteiger partial charge is 0.382 e. The third-order valence-electron chi connectivity index (χ3n) is 2.57. The SMILES string of the molecule is CCC(C)(O)C(=O)Cc1ccc(Br)cc1. The van der Waals surface area contributed by atoms with Crippen LogP contribution in [-0.4, -0.2) is 16.5 Å². The fraction of sp³-hybridized carbons (Fsp3) is 0.417. The first-order valence-electron chi connectivity index (χ1n) is 4.96. The monoisotopic (exact) mass is 270 g/mol. The first-order chi connectivity index (χ1) is 6.95. The average molecular weight is 271 g/mol. The van der Waals surface area contributed by atoms with Crippen LogP contribution in [0.1, 0.15) is 25.8 Å². The van der Waals surface area contributed by atoms with Gasteiger partial charge in [-0.25, -0.2) is 0 Å². The Kier molecular flexibility index (Phi) is 4.05. The van der Waals surface area contributed by atoms with Crippen molar-refractivity contribution < 1.29 is 9.90 Å². The number of halogens is 1. The Morgan fingerprint density at radius 2 is 1.93 bits per heavy atom. The van der Waals surface area contributed by atoms with E-state index in [1.165, 1.54) is 0 Å². The number of ketones is 1. The van der Waals surface area contributed by atoms with Gasteiger partial charge in [-0.15, -0.1) is 0 Å². The van der Waals surface area contributed by atoms with Crippen molar-refractivity contribution in [2.75, 3.05) is 0 Å². The van der Waals surface area contributed by atoms with Gasteiger partial charge in [0.05, 0.1) is 0 Å². The van der Waals surface area contributed by atoms with Gasteiger partial charge in [-0.3, -0.25) is 4.79 Å². The molecule has 15 heavy (non-hydrogen) atoms. The number of hydrogen-bond acceptors (Lipinski definition) is 2. The third-order valence-corrected chi connectivity index (χ3v) is 3.10. The van der Waals surface area contributed by atoms with E-state index in [2.05, 4.69) is 15.9 Å². The molecular weight excluding hydrogens is 256 g/mol. The van der Waals surface area contributed by atoms with Crippen LogP contribution in [0.4, 0.5) is 0 Å². The van der Waals surface area contributed by atoms with Crippen LogP contribution in [-0.2, 0) is 11.2 Å². The van der Waals surface area contributed by atoms with Crippen molar-refractivity contribution in [3.63, 3.8) is 0 Å². The van der Waals surface area contributed by atoms with Crippen LogP contribution < -0.4 is 0 Å². The number of rotatable bonds is 4. The highest BCUT2D eigenvalue weighted by atomic mass is 79.9. The summed E-state index contributed by atoms with van der Waals surface area (Å²) in [6.45, 7) is 3.37. The minimum absolute atomic E-state index is 0.132. The van der Waals surface area contributed by atoms with Crippen LogP contribution in [0, 0.1) is 0 Å². The second-order valence-electron chi connectivity index (χ2n) is 3.85. The Hall–Kier alpha value is -0.670. The lowest BCUT2D eigenvalue weighted by Crippen LogP contribution is -2.35. The van der Waals surface area contributed by atoms with Crippen molar-refractivity contribution in [1.82, 2.24) is 0 Å². The molecule has 0 fully saturated rings. The highest BCUT2D eigenvalue weighted by Gasteiger charge is 2.27. The summed E-state index contributed by atoms with van der Waals surface area (Å²) in [5, 5.41) is 9.75. The van der Waals surface area contributed by atoms with E-state index in [4.69, 9.17) is 0 Å². The molecule has 82 valence electrons. The molecule has 0 heterocycles. The molecule has 0 aliphatic carbocycles. The van der Waals surface area contributed by atoms with E-state index in [9.17, 15) is 9.90 Å². The van der Waals surface area contributed by atoms with Crippen molar-refractivity contribution in [1.29, 1.82) is 0 Å². The molecule has 0 saturated heterocycles. The number of hydrogen-bond donors (Lipinski definition) is 1. The lowest BCUT2D eigenvalue weighted by atomic mass is 9.93. The van der Waals surface area contributed by atoms with Crippen molar-refractivity contribution in [2.45, 2.75) is 32.3 Å². The molecule has 0 bridgehead atoms. The summed E-state index contributed by atoms with van der Waals surface area (Å²) in [5.41, 5.74) is -0.274. The quantitative estimate of drug-likeness (QED) is 0.914. The lowest BCUT2D eigenvalue weighted by Gasteiger charge is -2.19. The van der Waals surface area contributed by atoms with Crippen LogP contribution in [0.25, 0.3) is 0 Å². The van der Waals surface area contributed by atoms with Gasteiger partial charge in [0.1, 0.15) is 5.60 Å². The fourth-order valence-corrected chi connectivity index (χ4v) is 1.44. The van der Waals surface area contributed by atoms with Crippen LogP contribution in [0.5, 0.6) is 0 Å². The number of benzene rings is 1. The molecule has 1 aromatic carbocycles. The van der Waals surface area contributed by atoms with Gasteiger partial charge in [-0.2, -0.15) is 0 Å². The van der Waals surface area contributed by atoms with Crippen molar-refractivity contribution in [2.24, 2.45) is 0 Å². The van der Waals surface area contributed by atoms with E-state index in [1.807, 2.05) is 24.3 Å². The Labute approximate surface area is 98.4 Å². The number of Topliss-reactive ketones (excluding diaryl/α,β-unsaturated/α-hetero) is 1. The predicted octanol–water partition coefficient (Wildman–Crippen LogP) is 2.72. The molecule has 1 N–H and O–H groups in total. The van der Waals surface area contributed by atoms with Gasteiger partial charge in [0.2, 0.25) is 0 Å². The zero-order valence-electron chi connectivity index (χ0n) is 8.96. The topological polar surface area (TPSA) is 37.3 Å². The van der Waals surface area contributed by atoms with Gasteiger partial charge in [-0.1, -0.05) is 35.0 Å². The predicted molar refractivity (Wildman–Crippen MR) is 63.8 cm³/mol. The number of carbonyl (C=O) groups is 1. The van der Waals surface area contributed by atoms with Gasteiger partial charge in [0.15, 0.2) is 5.78 Å². The number of carbonyl (C=O) groups excluding carboxylic acids is 1. The smallest absolute Gasteiger partial charge is 0.168 e. The molecule has 0 radical (unpaired) electrons. The van der Waals surface area contributed by atoms with E-state index in [-0.39, 0.29) is 12.2 Å². The van der Waals surface area contributed by atoms with Crippen molar-refractivity contribution >= 4 is 21.7 Å². The molecule has 3 heteroatoms. The molecule has 0 spiro atoms. The first kappa shape index (κ1) is 12.4. The Bertz CT molecular complexity index is 341. The number of aliphatic hydroxyl groups is 1.